The van der Waals surface area contributed by atoms with Gasteiger partial charge in [0.15, 0.2) is 0 Å². The summed E-state index contributed by atoms with van der Waals surface area (Å²) in [5.74, 6) is -0.0859. The van der Waals surface area contributed by atoms with Gasteiger partial charge in [-0.3, -0.25) is 9.78 Å². The number of rotatable bonds is 4. The Morgan fingerprint density at radius 2 is 2.25 bits per heavy atom. The van der Waals surface area contributed by atoms with Crippen molar-refractivity contribution in [1.82, 2.24) is 9.97 Å². The molecule has 102 valence electrons. The average molecular weight is 272 g/mol. The number of carbonyl (C=O) groups is 1. The molecule has 1 aliphatic rings. The van der Waals surface area contributed by atoms with Crippen LogP contribution in [0.25, 0.3) is 0 Å². The average Bonchev–Trinajstić information content (AvgIpc) is 3.18. The van der Waals surface area contributed by atoms with Crippen molar-refractivity contribution in [3.8, 4) is 0 Å². The van der Waals surface area contributed by atoms with Gasteiger partial charge in [0.2, 0.25) is 0 Å². The number of aromatic nitrogens is 2. The first-order valence-corrected chi connectivity index (χ1v) is 6.27. The van der Waals surface area contributed by atoms with Gasteiger partial charge in [0.1, 0.15) is 17.3 Å². The summed E-state index contributed by atoms with van der Waals surface area (Å²) in [7, 11) is 0. The van der Waals surface area contributed by atoms with Gasteiger partial charge in [-0.15, -0.1) is 0 Å². The largest absolute Gasteiger partial charge is 0.365 e. The molecule has 1 aliphatic carbocycles. The minimum absolute atomic E-state index is 0.123. The molecule has 0 bridgehead atoms. The Bertz CT molecular complexity index is 661. The summed E-state index contributed by atoms with van der Waals surface area (Å²) in [4.78, 5) is 19.0. The minimum Gasteiger partial charge on any atom is -0.365 e. The van der Waals surface area contributed by atoms with Gasteiger partial charge in [0.05, 0.1) is 12.4 Å². The smallest absolute Gasteiger partial charge is 0.268 e. The molecule has 1 aromatic heterocycles. The fourth-order valence-electron chi connectivity index (χ4n) is 2.20. The zero-order valence-electron chi connectivity index (χ0n) is 10.6. The Hall–Kier alpha value is -2.50. The highest BCUT2D eigenvalue weighted by molar-refractivity contribution is 5.90. The molecule has 0 radical (unpaired) electrons. The number of benzene rings is 1. The van der Waals surface area contributed by atoms with Crippen molar-refractivity contribution >= 4 is 11.7 Å². The Morgan fingerprint density at radius 1 is 1.40 bits per heavy atom. The van der Waals surface area contributed by atoms with Crippen LogP contribution in [0.4, 0.5) is 10.2 Å². The van der Waals surface area contributed by atoms with Crippen LogP contribution in [0.1, 0.15) is 28.4 Å². The van der Waals surface area contributed by atoms with E-state index in [1.54, 1.807) is 6.07 Å². The highest BCUT2D eigenvalue weighted by Crippen LogP contribution is 2.42. The number of halogens is 1. The van der Waals surface area contributed by atoms with E-state index in [2.05, 4.69) is 15.3 Å². The molecular formula is C14H13FN4O. The Morgan fingerprint density at radius 3 is 3.00 bits per heavy atom. The fourth-order valence-corrected chi connectivity index (χ4v) is 2.20. The maximum Gasteiger partial charge on any atom is 0.268 e. The second-order valence-corrected chi connectivity index (χ2v) is 4.80. The van der Waals surface area contributed by atoms with Crippen LogP contribution in [0.2, 0.25) is 0 Å². The van der Waals surface area contributed by atoms with Crippen molar-refractivity contribution < 1.29 is 9.18 Å². The molecule has 3 N–H and O–H groups in total. The molecule has 20 heavy (non-hydrogen) atoms. The van der Waals surface area contributed by atoms with Crippen LogP contribution < -0.4 is 11.1 Å². The number of hydrogen-bond donors (Lipinski definition) is 2. The monoisotopic (exact) mass is 272 g/mol. The van der Waals surface area contributed by atoms with E-state index in [1.807, 2.05) is 6.07 Å². The number of nitrogens with one attached hydrogen (secondary N) is 1. The van der Waals surface area contributed by atoms with E-state index < -0.39 is 5.91 Å². The van der Waals surface area contributed by atoms with Crippen LogP contribution in [0.5, 0.6) is 0 Å². The van der Waals surface area contributed by atoms with E-state index in [0.29, 0.717) is 5.82 Å². The summed E-state index contributed by atoms with van der Waals surface area (Å²) >= 11 is 0. The van der Waals surface area contributed by atoms with Gasteiger partial charge in [-0.05, 0) is 24.1 Å². The van der Waals surface area contributed by atoms with Crippen molar-refractivity contribution in [1.29, 1.82) is 0 Å². The number of nitrogens with zero attached hydrogens (tertiary/aromatic N) is 2. The maximum atomic E-state index is 13.2. The Labute approximate surface area is 115 Å². The van der Waals surface area contributed by atoms with Gasteiger partial charge >= 0.3 is 0 Å². The molecule has 1 heterocycles. The summed E-state index contributed by atoms with van der Waals surface area (Å²) in [6, 6.07) is 6.75. The van der Waals surface area contributed by atoms with E-state index >= 15 is 0 Å². The van der Waals surface area contributed by atoms with Gasteiger partial charge in [0, 0.05) is 12.0 Å². The summed E-state index contributed by atoms with van der Waals surface area (Å²) in [5.41, 5.74) is 6.24. The molecular weight excluding hydrogens is 259 g/mol. The van der Waals surface area contributed by atoms with Crippen LogP contribution in [-0.4, -0.2) is 21.9 Å². The molecule has 5 nitrogen and oxygen atoms in total. The van der Waals surface area contributed by atoms with Crippen LogP contribution in [-0.2, 0) is 0 Å². The van der Waals surface area contributed by atoms with Crippen molar-refractivity contribution in [2.24, 2.45) is 5.73 Å². The topological polar surface area (TPSA) is 80.9 Å². The molecule has 2 aromatic rings. The first-order valence-electron chi connectivity index (χ1n) is 6.27. The summed E-state index contributed by atoms with van der Waals surface area (Å²) in [6.45, 7) is 0. The lowest BCUT2D eigenvalue weighted by molar-refractivity contribution is 0.0995. The predicted octanol–water partition coefficient (Wildman–Crippen LogP) is 1.68. The lowest BCUT2D eigenvalue weighted by atomic mass is 10.1. The van der Waals surface area contributed by atoms with Crippen LogP contribution >= 0.6 is 0 Å². The number of anilines is 1. The van der Waals surface area contributed by atoms with Gasteiger partial charge in [-0.1, -0.05) is 12.1 Å². The first kappa shape index (κ1) is 12.5. The van der Waals surface area contributed by atoms with Crippen molar-refractivity contribution in [2.75, 3.05) is 5.32 Å². The maximum absolute atomic E-state index is 13.2. The third-order valence-electron chi connectivity index (χ3n) is 3.29. The number of hydrogen-bond acceptors (Lipinski definition) is 4. The normalized spacial score (nSPS) is 20.4. The highest BCUT2D eigenvalue weighted by Gasteiger charge is 2.38. The second-order valence-electron chi connectivity index (χ2n) is 4.80. The summed E-state index contributed by atoms with van der Waals surface area (Å²) < 4.78 is 13.2. The molecule has 0 spiro atoms. The van der Waals surface area contributed by atoms with E-state index in [0.717, 1.165) is 12.0 Å². The number of nitrogens with two attached hydrogens (primary N) is 1. The Balaban J connectivity index is 1.69. The Kier molecular flexibility index (Phi) is 3.06. The molecule has 6 heteroatoms. The number of amides is 1. The fraction of sp³-hybridized carbons (Fsp3) is 0.214. The van der Waals surface area contributed by atoms with Crippen LogP contribution in [0.15, 0.2) is 36.7 Å². The molecule has 0 unspecified atom stereocenters. The molecule has 1 amide bonds. The zero-order chi connectivity index (χ0) is 14.1. The second kappa shape index (κ2) is 4.88. The molecule has 0 aliphatic heterocycles. The van der Waals surface area contributed by atoms with E-state index in [4.69, 9.17) is 5.73 Å². The molecule has 3 rings (SSSR count). The zero-order valence-corrected chi connectivity index (χ0v) is 10.6. The number of primary amides is 1. The van der Waals surface area contributed by atoms with E-state index in [9.17, 15) is 9.18 Å². The van der Waals surface area contributed by atoms with Gasteiger partial charge in [-0.2, -0.15) is 0 Å². The highest BCUT2D eigenvalue weighted by atomic mass is 19.1. The van der Waals surface area contributed by atoms with Crippen LogP contribution in [0.3, 0.4) is 0 Å². The lowest BCUT2D eigenvalue weighted by Crippen LogP contribution is -2.15. The standard InChI is InChI=1S/C14H13FN4O/c15-9-3-1-2-8(4-9)10-5-11(10)18-13-7-17-6-12(19-13)14(16)20/h1-4,6-7,10-11H,5H2,(H2,16,20)(H,18,19)/t10-,11+/m0/s1. The molecule has 2 atom stereocenters. The molecule has 1 aromatic carbocycles. The minimum atomic E-state index is -0.612. The third kappa shape index (κ3) is 2.59. The number of carbonyl (C=O) groups excluding carboxylic acids is 1. The van der Waals surface area contributed by atoms with Gasteiger partial charge < -0.3 is 11.1 Å². The summed E-state index contributed by atoms with van der Waals surface area (Å²) in [5, 5.41) is 3.18. The lowest BCUT2D eigenvalue weighted by Gasteiger charge is -2.05. The van der Waals surface area contributed by atoms with Crippen molar-refractivity contribution in [3.05, 3.63) is 53.7 Å². The molecule has 1 fully saturated rings. The van der Waals surface area contributed by atoms with E-state index in [-0.39, 0.29) is 23.5 Å². The quantitative estimate of drug-likeness (QED) is 0.887. The van der Waals surface area contributed by atoms with E-state index in [1.165, 1.54) is 24.5 Å². The third-order valence-corrected chi connectivity index (χ3v) is 3.29. The summed E-state index contributed by atoms with van der Waals surface area (Å²) in [6.07, 6.45) is 3.75. The van der Waals surface area contributed by atoms with Gasteiger partial charge in [-0.25, -0.2) is 9.37 Å². The predicted molar refractivity (Wildman–Crippen MR) is 71.7 cm³/mol. The SMILES string of the molecule is NC(=O)c1cncc(N[C@@H]2C[C@H]2c2cccc(F)c2)n1. The van der Waals surface area contributed by atoms with Crippen molar-refractivity contribution in [2.45, 2.75) is 18.4 Å². The van der Waals surface area contributed by atoms with Crippen LogP contribution in [0, 0.1) is 5.82 Å². The molecule has 0 saturated heterocycles. The van der Waals surface area contributed by atoms with Crippen molar-refractivity contribution in [3.63, 3.8) is 0 Å². The molecule has 1 saturated carbocycles. The first-order chi connectivity index (χ1) is 9.63. The van der Waals surface area contributed by atoms with Gasteiger partial charge in [0.25, 0.3) is 5.91 Å².